The number of piperidine rings is 1. The molecule has 0 aromatic heterocycles. The number of amides is 2. The van der Waals surface area contributed by atoms with Gasteiger partial charge in [-0.2, -0.15) is 0 Å². The van der Waals surface area contributed by atoms with E-state index in [4.69, 9.17) is 10.5 Å². The first-order valence-corrected chi connectivity index (χ1v) is 7.31. The molecular weight excluding hydrogens is 310 g/mol. The molecule has 1 fully saturated rings. The molecule has 1 aliphatic rings. The van der Waals surface area contributed by atoms with Crippen molar-refractivity contribution in [1.29, 1.82) is 0 Å². The molecule has 1 heterocycles. The van der Waals surface area contributed by atoms with Crippen LogP contribution < -0.4 is 5.73 Å². The van der Waals surface area contributed by atoms with Gasteiger partial charge in [0, 0.05) is 20.1 Å². The van der Waals surface area contributed by atoms with Gasteiger partial charge in [0.05, 0.1) is 25.1 Å². The highest BCUT2D eigenvalue weighted by molar-refractivity contribution is 5.87. The van der Waals surface area contributed by atoms with Gasteiger partial charge in [0.2, 0.25) is 11.8 Å². The van der Waals surface area contributed by atoms with Gasteiger partial charge in [0.1, 0.15) is 0 Å². The van der Waals surface area contributed by atoms with E-state index in [2.05, 4.69) is 0 Å². The summed E-state index contributed by atoms with van der Waals surface area (Å²) in [6.07, 6.45) is 1.50. The number of likely N-dealkylation sites (N-methyl/N-ethyl adjacent to an activating group) is 1. The van der Waals surface area contributed by atoms with Crippen molar-refractivity contribution in [2.24, 2.45) is 11.7 Å². The molecule has 0 spiro atoms. The van der Waals surface area contributed by atoms with Crippen LogP contribution in [0, 0.1) is 5.92 Å². The van der Waals surface area contributed by atoms with Crippen LogP contribution in [0.4, 0.5) is 0 Å². The molecule has 2 unspecified atom stereocenters. The molecule has 0 aromatic rings. The molecule has 0 aromatic carbocycles. The molecule has 0 radical (unpaired) electrons. The van der Waals surface area contributed by atoms with E-state index in [1.165, 1.54) is 4.90 Å². The van der Waals surface area contributed by atoms with E-state index in [1.807, 2.05) is 0 Å². The lowest BCUT2D eigenvalue weighted by molar-refractivity contribution is -0.152. The van der Waals surface area contributed by atoms with E-state index in [9.17, 15) is 14.4 Å². The highest BCUT2D eigenvalue weighted by Gasteiger charge is 2.30. The molecule has 2 atom stereocenters. The molecule has 2 amide bonds. The largest absolute Gasteiger partial charge is 0.466 e. The monoisotopic (exact) mass is 335 g/mol. The van der Waals surface area contributed by atoms with Crippen molar-refractivity contribution >= 4 is 30.2 Å². The summed E-state index contributed by atoms with van der Waals surface area (Å²) >= 11 is 0. The molecule has 1 saturated heterocycles. The maximum atomic E-state index is 12.2. The summed E-state index contributed by atoms with van der Waals surface area (Å²) in [4.78, 5) is 38.6. The van der Waals surface area contributed by atoms with Crippen LogP contribution in [0.1, 0.15) is 26.7 Å². The van der Waals surface area contributed by atoms with Gasteiger partial charge in [0.25, 0.3) is 0 Å². The lowest BCUT2D eigenvalue weighted by Gasteiger charge is -2.32. The normalized spacial score (nSPS) is 18.9. The zero-order chi connectivity index (χ0) is 16.0. The minimum absolute atomic E-state index is 0. The molecule has 0 aliphatic carbocycles. The Morgan fingerprint density at radius 2 is 2.05 bits per heavy atom. The summed E-state index contributed by atoms with van der Waals surface area (Å²) < 4.78 is 5.00. The Hall–Kier alpha value is -1.34. The maximum absolute atomic E-state index is 12.2. The van der Waals surface area contributed by atoms with Crippen molar-refractivity contribution in [3.8, 4) is 0 Å². The van der Waals surface area contributed by atoms with Crippen LogP contribution in [0.5, 0.6) is 0 Å². The van der Waals surface area contributed by atoms with Crippen LogP contribution >= 0.6 is 12.4 Å². The molecule has 22 heavy (non-hydrogen) atoms. The Kier molecular flexibility index (Phi) is 9.04. The van der Waals surface area contributed by atoms with E-state index in [0.29, 0.717) is 19.7 Å². The van der Waals surface area contributed by atoms with E-state index in [-0.39, 0.29) is 42.7 Å². The predicted octanol–water partition coefficient (Wildman–Crippen LogP) is 0.0155. The van der Waals surface area contributed by atoms with Crippen LogP contribution in [0.15, 0.2) is 0 Å². The number of carbonyl (C=O) groups excluding carboxylic acids is 3. The zero-order valence-electron chi connectivity index (χ0n) is 13.4. The first kappa shape index (κ1) is 20.7. The van der Waals surface area contributed by atoms with Gasteiger partial charge in [0.15, 0.2) is 0 Å². The Balaban J connectivity index is 0.00000441. The molecule has 1 aliphatic heterocycles. The fraction of sp³-hybridized carbons (Fsp3) is 0.786. The van der Waals surface area contributed by atoms with Crippen molar-refractivity contribution in [2.45, 2.75) is 32.7 Å². The molecular formula is C14H26ClN3O4. The topological polar surface area (TPSA) is 92.9 Å². The van der Waals surface area contributed by atoms with Gasteiger partial charge in [-0.25, -0.2) is 0 Å². The third-order valence-electron chi connectivity index (χ3n) is 3.53. The SMILES string of the molecule is CCOC(=O)C1CCCN(C(=O)CN(C)C(=O)C(C)N)C1.Cl. The van der Waals surface area contributed by atoms with Gasteiger partial charge in [-0.15, -0.1) is 12.4 Å². The average Bonchev–Trinajstić information content (AvgIpc) is 2.46. The van der Waals surface area contributed by atoms with E-state index in [1.54, 1.807) is 25.8 Å². The fourth-order valence-electron chi connectivity index (χ4n) is 2.38. The fourth-order valence-corrected chi connectivity index (χ4v) is 2.38. The standard InChI is InChI=1S/C14H25N3O4.ClH/c1-4-21-14(20)11-6-5-7-17(8-11)12(18)9-16(3)13(19)10(2)15;/h10-11H,4-9,15H2,1-3H3;1H. The van der Waals surface area contributed by atoms with Crippen LogP contribution in [-0.2, 0) is 19.1 Å². The van der Waals surface area contributed by atoms with Gasteiger partial charge in [-0.1, -0.05) is 0 Å². The number of esters is 1. The summed E-state index contributed by atoms with van der Waals surface area (Å²) in [7, 11) is 1.55. The average molecular weight is 336 g/mol. The minimum Gasteiger partial charge on any atom is -0.466 e. The lowest BCUT2D eigenvalue weighted by atomic mass is 9.98. The summed E-state index contributed by atoms with van der Waals surface area (Å²) in [5.74, 6) is -0.963. The highest BCUT2D eigenvalue weighted by atomic mass is 35.5. The summed E-state index contributed by atoms with van der Waals surface area (Å²) in [5, 5.41) is 0. The third kappa shape index (κ3) is 5.81. The van der Waals surface area contributed by atoms with Crippen molar-refractivity contribution in [1.82, 2.24) is 9.80 Å². The number of halogens is 1. The summed E-state index contributed by atoms with van der Waals surface area (Å²) in [6.45, 7) is 4.64. The maximum Gasteiger partial charge on any atom is 0.310 e. The second-order valence-electron chi connectivity index (χ2n) is 5.41. The predicted molar refractivity (Wildman–Crippen MR) is 84.5 cm³/mol. The zero-order valence-corrected chi connectivity index (χ0v) is 14.2. The molecule has 0 bridgehead atoms. The summed E-state index contributed by atoms with van der Waals surface area (Å²) in [5.41, 5.74) is 5.51. The lowest BCUT2D eigenvalue weighted by Crippen LogP contribution is -2.49. The first-order valence-electron chi connectivity index (χ1n) is 7.31. The van der Waals surface area contributed by atoms with Crippen molar-refractivity contribution in [2.75, 3.05) is 33.3 Å². The number of nitrogens with zero attached hydrogens (tertiary/aromatic N) is 2. The molecule has 1 rings (SSSR count). The summed E-state index contributed by atoms with van der Waals surface area (Å²) in [6, 6.07) is -0.628. The van der Waals surface area contributed by atoms with Gasteiger partial charge >= 0.3 is 5.97 Å². The van der Waals surface area contributed by atoms with Gasteiger partial charge in [-0.3, -0.25) is 14.4 Å². The molecule has 8 heteroatoms. The van der Waals surface area contributed by atoms with Crippen molar-refractivity contribution in [3.63, 3.8) is 0 Å². The third-order valence-corrected chi connectivity index (χ3v) is 3.53. The second-order valence-corrected chi connectivity index (χ2v) is 5.41. The molecule has 7 nitrogen and oxygen atoms in total. The molecule has 2 N–H and O–H groups in total. The van der Waals surface area contributed by atoms with Crippen LogP contribution in [0.25, 0.3) is 0 Å². The molecule has 128 valence electrons. The van der Waals surface area contributed by atoms with Gasteiger partial charge in [-0.05, 0) is 26.7 Å². The number of nitrogens with two attached hydrogens (primary N) is 1. The number of rotatable bonds is 5. The Morgan fingerprint density at radius 3 is 2.59 bits per heavy atom. The number of hydrogen-bond donors (Lipinski definition) is 1. The van der Waals surface area contributed by atoms with E-state index in [0.717, 1.165) is 12.8 Å². The van der Waals surface area contributed by atoms with Crippen LogP contribution in [0.3, 0.4) is 0 Å². The highest BCUT2D eigenvalue weighted by Crippen LogP contribution is 2.18. The van der Waals surface area contributed by atoms with Crippen molar-refractivity contribution < 1.29 is 19.1 Å². The van der Waals surface area contributed by atoms with Crippen LogP contribution in [-0.4, -0.2) is 66.9 Å². The molecule has 0 saturated carbocycles. The van der Waals surface area contributed by atoms with Gasteiger partial charge < -0.3 is 20.3 Å². The Labute approximate surface area is 137 Å². The number of carbonyl (C=O) groups is 3. The Morgan fingerprint density at radius 1 is 1.41 bits per heavy atom. The minimum atomic E-state index is -0.628. The smallest absolute Gasteiger partial charge is 0.310 e. The Bertz CT molecular complexity index is 404. The van der Waals surface area contributed by atoms with Crippen molar-refractivity contribution in [3.05, 3.63) is 0 Å². The second kappa shape index (κ2) is 9.63. The first-order chi connectivity index (χ1) is 9.86. The number of likely N-dealkylation sites (tertiary alicyclic amines) is 1. The number of hydrogen-bond acceptors (Lipinski definition) is 5. The number of ether oxygens (including phenoxy) is 1. The van der Waals surface area contributed by atoms with E-state index < -0.39 is 6.04 Å². The van der Waals surface area contributed by atoms with E-state index >= 15 is 0 Å². The quantitative estimate of drug-likeness (QED) is 0.715. The van der Waals surface area contributed by atoms with Crippen LogP contribution in [0.2, 0.25) is 0 Å².